The van der Waals surface area contributed by atoms with Crippen molar-refractivity contribution in [2.45, 2.75) is 94.7 Å². The zero-order chi connectivity index (χ0) is 19.2. The number of ether oxygens (including phenoxy) is 1. The van der Waals surface area contributed by atoms with Crippen LogP contribution in [-0.2, 0) is 14.5 Å². The van der Waals surface area contributed by atoms with Gasteiger partial charge in [-0.15, -0.1) is 0 Å². The first-order chi connectivity index (χ1) is 13.8. The Morgan fingerprint density at radius 1 is 0.857 bits per heavy atom. The lowest BCUT2D eigenvalue weighted by Crippen LogP contribution is -2.38. The van der Waals surface area contributed by atoms with Gasteiger partial charge in [-0.1, -0.05) is 82.2 Å². The molecule has 2 saturated carbocycles. The van der Waals surface area contributed by atoms with Crippen LogP contribution < -0.4 is 0 Å². The Balaban J connectivity index is 1.37. The van der Waals surface area contributed by atoms with Crippen molar-refractivity contribution in [3.63, 3.8) is 0 Å². The first kappa shape index (κ1) is 20.1. The van der Waals surface area contributed by atoms with Crippen molar-refractivity contribution >= 4 is 5.57 Å². The van der Waals surface area contributed by atoms with Gasteiger partial charge in [-0.05, 0) is 48.3 Å². The zero-order valence-corrected chi connectivity index (χ0v) is 17.3. The highest BCUT2D eigenvalue weighted by atomic mass is 17.2. The summed E-state index contributed by atoms with van der Waals surface area (Å²) in [6.45, 7) is 5.46. The normalized spacial score (nSPS) is 26.9. The minimum Gasteiger partial charge on any atom is -0.375 e. The quantitative estimate of drug-likeness (QED) is 0.551. The van der Waals surface area contributed by atoms with Crippen LogP contribution in [0.1, 0.15) is 94.1 Å². The van der Waals surface area contributed by atoms with Crippen LogP contribution in [0.15, 0.2) is 30.8 Å². The fraction of sp³-hybridized carbons (Fsp3) is 0.680. The number of hydrogen-bond acceptors (Lipinski definition) is 3. The highest BCUT2D eigenvalue weighted by Crippen LogP contribution is 2.36. The lowest BCUT2D eigenvalue weighted by Gasteiger charge is -2.33. The molecule has 154 valence electrons. The predicted octanol–water partition coefficient (Wildman–Crippen LogP) is 6.58. The van der Waals surface area contributed by atoms with Crippen LogP contribution in [-0.4, -0.2) is 24.9 Å². The molecular formula is C25H36O3. The largest absolute Gasteiger partial charge is 0.375 e. The minimum atomic E-state index is -0.241. The fourth-order valence-electron chi connectivity index (χ4n) is 5.09. The van der Waals surface area contributed by atoms with Gasteiger partial charge in [0.2, 0.25) is 0 Å². The standard InChI is InChI=1S/C25H36O3/c1-20(24-18-26-19-25(28-27-24)16-8-5-9-17-25)21-12-14-23(15-13-21)22-10-6-3-2-4-7-11-22/h12-15,22,24H,1-11,16-19H2. The smallest absolute Gasteiger partial charge is 0.141 e. The highest BCUT2D eigenvalue weighted by molar-refractivity contribution is 5.67. The molecule has 1 saturated heterocycles. The molecule has 2 aliphatic carbocycles. The van der Waals surface area contributed by atoms with Crippen LogP contribution >= 0.6 is 0 Å². The van der Waals surface area contributed by atoms with E-state index in [0.717, 1.165) is 29.9 Å². The summed E-state index contributed by atoms with van der Waals surface area (Å²) in [4.78, 5) is 11.8. The SMILES string of the molecule is C=C(c1ccc(C2CCCCCCC2)cc1)C1COCC2(CCCCC2)OO1. The maximum atomic E-state index is 5.98. The first-order valence-electron chi connectivity index (χ1n) is 11.5. The van der Waals surface area contributed by atoms with E-state index in [1.807, 2.05) is 0 Å². The van der Waals surface area contributed by atoms with Gasteiger partial charge >= 0.3 is 0 Å². The molecule has 3 fully saturated rings. The Hall–Kier alpha value is -1.16. The van der Waals surface area contributed by atoms with Crippen molar-refractivity contribution in [3.05, 3.63) is 42.0 Å². The van der Waals surface area contributed by atoms with E-state index in [-0.39, 0.29) is 11.7 Å². The van der Waals surface area contributed by atoms with E-state index >= 15 is 0 Å². The molecule has 1 atom stereocenters. The first-order valence-corrected chi connectivity index (χ1v) is 11.5. The highest BCUT2D eigenvalue weighted by Gasteiger charge is 2.38. The maximum absolute atomic E-state index is 5.98. The molecule has 1 aliphatic heterocycles. The van der Waals surface area contributed by atoms with Crippen molar-refractivity contribution in [1.82, 2.24) is 0 Å². The summed E-state index contributed by atoms with van der Waals surface area (Å²) < 4.78 is 5.98. The third-order valence-electron chi connectivity index (χ3n) is 6.99. The Bertz CT molecular complexity index is 622. The van der Waals surface area contributed by atoms with E-state index in [4.69, 9.17) is 14.5 Å². The third-order valence-corrected chi connectivity index (χ3v) is 6.99. The lowest BCUT2D eigenvalue weighted by molar-refractivity contribution is -0.370. The van der Waals surface area contributed by atoms with Crippen LogP contribution in [0.25, 0.3) is 5.57 Å². The van der Waals surface area contributed by atoms with Crippen molar-refractivity contribution in [1.29, 1.82) is 0 Å². The molecule has 0 aromatic heterocycles. The van der Waals surface area contributed by atoms with Crippen LogP contribution in [0, 0.1) is 0 Å². The van der Waals surface area contributed by atoms with E-state index in [0.29, 0.717) is 13.2 Å². The summed E-state index contributed by atoms with van der Waals surface area (Å²) in [7, 11) is 0. The molecule has 0 N–H and O–H groups in total. The van der Waals surface area contributed by atoms with Crippen LogP contribution in [0.3, 0.4) is 0 Å². The Labute approximate surface area is 170 Å². The molecule has 1 heterocycles. The summed E-state index contributed by atoms with van der Waals surface area (Å²) in [5.74, 6) is 0.717. The molecule has 0 amide bonds. The molecule has 1 spiro atoms. The molecule has 1 aromatic carbocycles. The molecule has 4 rings (SSSR count). The fourth-order valence-corrected chi connectivity index (χ4v) is 5.09. The van der Waals surface area contributed by atoms with Gasteiger partial charge in [-0.2, -0.15) is 0 Å². The van der Waals surface area contributed by atoms with E-state index < -0.39 is 0 Å². The average molecular weight is 385 g/mol. The monoisotopic (exact) mass is 384 g/mol. The zero-order valence-electron chi connectivity index (χ0n) is 17.3. The van der Waals surface area contributed by atoms with Gasteiger partial charge in [-0.3, -0.25) is 0 Å². The van der Waals surface area contributed by atoms with Crippen molar-refractivity contribution in [3.8, 4) is 0 Å². The number of hydrogen-bond donors (Lipinski definition) is 0. The van der Waals surface area contributed by atoms with Gasteiger partial charge in [-0.25, -0.2) is 9.78 Å². The van der Waals surface area contributed by atoms with E-state index in [1.54, 1.807) is 0 Å². The van der Waals surface area contributed by atoms with Gasteiger partial charge in [0.15, 0.2) is 0 Å². The molecule has 3 heteroatoms. The maximum Gasteiger partial charge on any atom is 0.141 e. The number of benzene rings is 1. The minimum absolute atomic E-state index is 0.228. The lowest BCUT2D eigenvalue weighted by atomic mass is 9.85. The van der Waals surface area contributed by atoms with E-state index in [1.165, 1.54) is 69.8 Å². The Kier molecular flexibility index (Phi) is 6.87. The predicted molar refractivity (Wildman–Crippen MR) is 113 cm³/mol. The second-order valence-corrected chi connectivity index (χ2v) is 9.12. The van der Waals surface area contributed by atoms with Crippen molar-refractivity contribution in [2.75, 3.05) is 13.2 Å². The number of rotatable bonds is 3. The second-order valence-electron chi connectivity index (χ2n) is 9.12. The molecule has 0 bridgehead atoms. The van der Waals surface area contributed by atoms with Crippen LogP contribution in [0.4, 0.5) is 0 Å². The molecule has 28 heavy (non-hydrogen) atoms. The molecule has 3 aliphatic rings. The van der Waals surface area contributed by atoms with Crippen LogP contribution in [0.5, 0.6) is 0 Å². The van der Waals surface area contributed by atoms with E-state index in [2.05, 4.69) is 30.8 Å². The summed E-state index contributed by atoms with van der Waals surface area (Å²) in [6, 6.07) is 9.02. The van der Waals surface area contributed by atoms with E-state index in [9.17, 15) is 0 Å². The molecule has 1 aromatic rings. The van der Waals surface area contributed by atoms with Gasteiger partial charge in [0.1, 0.15) is 11.7 Å². The summed E-state index contributed by atoms with van der Waals surface area (Å²) in [6.07, 6.45) is 15.1. The van der Waals surface area contributed by atoms with Gasteiger partial charge < -0.3 is 4.74 Å². The summed E-state index contributed by atoms with van der Waals surface area (Å²) in [5, 5.41) is 0. The summed E-state index contributed by atoms with van der Waals surface area (Å²) >= 11 is 0. The van der Waals surface area contributed by atoms with Crippen molar-refractivity contribution in [2.24, 2.45) is 0 Å². The van der Waals surface area contributed by atoms with Gasteiger partial charge in [0.05, 0.1) is 13.2 Å². The molecule has 0 radical (unpaired) electrons. The topological polar surface area (TPSA) is 27.7 Å². The second kappa shape index (κ2) is 9.56. The third kappa shape index (κ3) is 4.87. The molecule has 3 nitrogen and oxygen atoms in total. The van der Waals surface area contributed by atoms with Gasteiger partial charge in [0, 0.05) is 0 Å². The van der Waals surface area contributed by atoms with Crippen LogP contribution in [0.2, 0.25) is 0 Å². The summed E-state index contributed by atoms with van der Waals surface area (Å²) in [5.41, 5.74) is 3.33. The average Bonchev–Trinajstić information content (AvgIpc) is 2.91. The molecule has 1 unspecified atom stereocenters. The Morgan fingerprint density at radius 3 is 2.21 bits per heavy atom. The molecular weight excluding hydrogens is 348 g/mol. The Morgan fingerprint density at radius 2 is 1.50 bits per heavy atom. The van der Waals surface area contributed by atoms with Gasteiger partial charge in [0.25, 0.3) is 0 Å². The van der Waals surface area contributed by atoms with Crippen molar-refractivity contribution < 1.29 is 14.5 Å².